The Labute approximate surface area is 102 Å². The minimum atomic E-state index is -4.40. The molecule has 1 aromatic rings. The smallest absolute Gasteiger partial charge is 0.458 e. The van der Waals surface area contributed by atoms with Gasteiger partial charge in [-0.05, 0) is 12.1 Å². The summed E-state index contributed by atoms with van der Waals surface area (Å²) >= 11 is 0. The van der Waals surface area contributed by atoms with E-state index in [1.54, 1.807) is 13.8 Å². The lowest BCUT2D eigenvalue weighted by molar-refractivity contribution is 0.355. The van der Waals surface area contributed by atoms with Crippen LogP contribution in [-0.2, 0) is 0 Å². The second kappa shape index (κ2) is 5.49. The zero-order valence-corrected chi connectivity index (χ0v) is 11.6. The second-order valence-corrected chi connectivity index (χ2v) is 6.81. The Kier molecular flexibility index (Phi) is 4.51. The summed E-state index contributed by atoms with van der Waals surface area (Å²) in [6.45, 7) is 3.38. The van der Waals surface area contributed by atoms with E-state index in [-0.39, 0.29) is 5.19 Å². The van der Waals surface area contributed by atoms with Crippen molar-refractivity contribution in [2.75, 3.05) is 14.2 Å². The largest absolute Gasteiger partial charge is 0.493 e. The number of hydrogen-bond acceptors (Lipinski definition) is 2. The Morgan fingerprint density at radius 3 is 2.24 bits per heavy atom. The molecule has 0 saturated carbocycles. The van der Waals surface area contributed by atoms with Crippen molar-refractivity contribution in [3.05, 3.63) is 18.2 Å². The van der Waals surface area contributed by atoms with E-state index < -0.39 is 14.3 Å². The fourth-order valence-electron chi connectivity index (χ4n) is 1.58. The summed E-state index contributed by atoms with van der Waals surface area (Å²) in [5, 5.41) is 0.101. The lowest BCUT2D eigenvalue weighted by atomic mass is 10.3. The molecule has 2 nitrogen and oxygen atoms in total. The fourth-order valence-corrected chi connectivity index (χ4v) is 3.30. The summed E-state index contributed by atoms with van der Waals surface area (Å²) in [5.41, 5.74) is -0.569. The maximum atomic E-state index is 14.1. The highest BCUT2D eigenvalue weighted by molar-refractivity contribution is 6.81. The number of ether oxygens (including phenoxy) is 2. The van der Waals surface area contributed by atoms with Gasteiger partial charge in [-0.3, -0.25) is 8.22 Å². The SMILES string of the molecule is CCC(C)[Si](F)(F)c1ccc(OC)c(OC)c1. The van der Waals surface area contributed by atoms with Crippen LogP contribution in [0, 0.1) is 0 Å². The Balaban J connectivity index is 3.15. The van der Waals surface area contributed by atoms with Crippen LogP contribution >= 0.6 is 0 Å². The highest BCUT2D eigenvalue weighted by atomic mass is 28.4. The van der Waals surface area contributed by atoms with Gasteiger partial charge in [-0.2, -0.15) is 0 Å². The molecule has 1 atom stereocenters. The van der Waals surface area contributed by atoms with Gasteiger partial charge in [0.2, 0.25) is 0 Å². The molecule has 0 aliphatic carbocycles. The van der Waals surface area contributed by atoms with Crippen LogP contribution in [0.3, 0.4) is 0 Å². The molecule has 96 valence electrons. The zero-order chi connectivity index (χ0) is 13.1. The van der Waals surface area contributed by atoms with Crippen LogP contribution < -0.4 is 14.7 Å². The Morgan fingerprint density at radius 1 is 1.18 bits per heavy atom. The Bertz CT molecular complexity index is 383. The van der Waals surface area contributed by atoms with Crippen LogP contribution in [0.5, 0.6) is 11.5 Å². The molecule has 0 radical (unpaired) electrons. The standard InChI is InChI=1S/C12H18F2O2Si/c1-5-9(2)17(13,14)10-6-7-11(15-3)12(8-10)16-4/h6-9H,5H2,1-4H3. The van der Waals surface area contributed by atoms with Gasteiger partial charge in [0.15, 0.2) is 11.5 Å². The summed E-state index contributed by atoms with van der Waals surface area (Å²) in [6.07, 6.45) is 0.480. The van der Waals surface area contributed by atoms with E-state index in [1.165, 1.54) is 32.4 Å². The van der Waals surface area contributed by atoms with Gasteiger partial charge >= 0.3 is 8.74 Å². The van der Waals surface area contributed by atoms with Crippen LogP contribution in [-0.4, -0.2) is 23.0 Å². The van der Waals surface area contributed by atoms with E-state index in [2.05, 4.69) is 0 Å². The van der Waals surface area contributed by atoms with Crippen molar-refractivity contribution in [2.24, 2.45) is 0 Å². The highest BCUT2D eigenvalue weighted by Gasteiger charge is 2.43. The molecule has 0 fully saturated rings. The minimum Gasteiger partial charge on any atom is -0.493 e. The van der Waals surface area contributed by atoms with Gasteiger partial charge in [0.05, 0.1) is 14.2 Å². The predicted octanol–water partition coefficient (Wildman–Crippen LogP) is 3.09. The molecule has 0 saturated heterocycles. The van der Waals surface area contributed by atoms with Crippen LogP contribution in [0.4, 0.5) is 8.22 Å². The normalized spacial score (nSPS) is 13.3. The van der Waals surface area contributed by atoms with Gasteiger partial charge in [0, 0.05) is 10.7 Å². The van der Waals surface area contributed by atoms with Gasteiger partial charge in [-0.15, -0.1) is 0 Å². The highest BCUT2D eigenvalue weighted by Crippen LogP contribution is 2.31. The van der Waals surface area contributed by atoms with Crippen molar-refractivity contribution in [1.82, 2.24) is 0 Å². The first-order chi connectivity index (χ1) is 7.97. The first-order valence-electron chi connectivity index (χ1n) is 5.57. The lowest BCUT2D eigenvalue weighted by Gasteiger charge is -2.20. The molecule has 0 aliphatic heterocycles. The number of methoxy groups -OCH3 is 2. The van der Waals surface area contributed by atoms with E-state index in [0.717, 1.165) is 0 Å². The van der Waals surface area contributed by atoms with E-state index in [1.807, 2.05) is 0 Å². The van der Waals surface area contributed by atoms with Crippen molar-refractivity contribution in [2.45, 2.75) is 25.8 Å². The third-order valence-corrected chi connectivity index (χ3v) is 5.73. The first kappa shape index (κ1) is 14.0. The predicted molar refractivity (Wildman–Crippen MR) is 66.9 cm³/mol. The molecule has 0 N–H and O–H groups in total. The van der Waals surface area contributed by atoms with Gasteiger partial charge < -0.3 is 9.47 Å². The number of benzene rings is 1. The maximum Gasteiger partial charge on any atom is 0.458 e. The molecule has 1 aromatic carbocycles. The molecular formula is C12H18F2O2Si. The van der Waals surface area contributed by atoms with Crippen molar-refractivity contribution in [3.63, 3.8) is 0 Å². The lowest BCUT2D eigenvalue weighted by Crippen LogP contribution is -2.42. The molecule has 1 rings (SSSR count). The molecule has 0 aliphatic rings. The van der Waals surface area contributed by atoms with Crippen molar-refractivity contribution >= 4 is 13.9 Å². The fraction of sp³-hybridized carbons (Fsp3) is 0.500. The number of halogens is 2. The van der Waals surface area contributed by atoms with E-state index in [4.69, 9.17) is 9.47 Å². The van der Waals surface area contributed by atoms with E-state index in [0.29, 0.717) is 17.9 Å². The topological polar surface area (TPSA) is 18.5 Å². The summed E-state index contributed by atoms with van der Waals surface area (Å²) in [7, 11) is -1.46. The number of rotatable bonds is 5. The molecule has 1 unspecified atom stereocenters. The quantitative estimate of drug-likeness (QED) is 0.598. The van der Waals surface area contributed by atoms with Gasteiger partial charge in [0.1, 0.15) is 0 Å². The zero-order valence-electron chi connectivity index (χ0n) is 10.6. The second-order valence-electron chi connectivity index (χ2n) is 4.00. The summed E-state index contributed by atoms with van der Waals surface area (Å²) in [4.78, 5) is 0. The molecule has 0 spiro atoms. The maximum absolute atomic E-state index is 14.1. The molecular weight excluding hydrogens is 242 g/mol. The third kappa shape index (κ3) is 2.77. The first-order valence-corrected chi connectivity index (χ1v) is 7.41. The van der Waals surface area contributed by atoms with Gasteiger partial charge in [-0.25, -0.2) is 0 Å². The Hall–Kier alpha value is -1.10. The van der Waals surface area contributed by atoms with Gasteiger partial charge in [0.25, 0.3) is 0 Å². The molecule has 0 heterocycles. The van der Waals surface area contributed by atoms with E-state index in [9.17, 15) is 8.22 Å². The van der Waals surface area contributed by atoms with E-state index >= 15 is 0 Å². The summed E-state index contributed by atoms with van der Waals surface area (Å²) in [6, 6.07) is 4.38. The van der Waals surface area contributed by atoms with Crippen molar-refractivity contribution in [1.29, 1.82) is 0 Å². The van der Waals surface area contributed by atoms with Crippen LogP contribution in [0.2, 0.25) is 5.54 Å². The number of hydrogen-bond donors (Lipinski definition) is 0. The molecule has 0 aromatic heterocycles. The van der Waals surface area contributed by atoms with Gasteiger partial charge in [-0.1, -0.05) is 26.3 Å². The third-order valence-electron chi connectivity index (χ3n) is 3.00. The Morgan fingerprint density at radius 2 is 1.76 bits per heavy atom. The summed E-state index contributed by atoms with van der Waals surface area (Å²) in [5.74, 6) is 0.839. The molecule has 0 amide bonds. The van der Waals surface area contributed by atoms with Crippen LogP contribution in [0.1, 0.15) is 20.3 Å². The molecule has 5 heteroatoms. The van der Waals surface area contributed by atoms with Crippen LogP contribution in [0.15, 0.2) is 18.2 Å². The molecule has 17 heavy (non-hydrogen) atoms. The summed E-state index contributed by atoms with van der Waals surface area (Å²) < 4.78 is 38.4. The van der Waals surface area contributed by atoms with Crippen LogP contribution in [0.25, 0.3) is 0 Å². The van der Waals surface area contributed by atoms with Crippen molar-refractivity contribution < 1.29 is 17.7 Å². The van der Waals surface area contributed by atoms with Crippen molar-refractivity contribution in [3.8, 4) is 11.5 Å². The average molecular weight is 260 g/mol. The minimum absolute atomic E-state index is 0.101. The molecule has 0 bridgehead atoms. The average Bonchev–Trinajstić information content (AvgIpc) is 2.36. The monoisotopic (exact) mass is 260 g/mol.